The quantitative estimate of drug-likeness (QED) is 0.837. The molecule has 3 N–H and O–H groups in total. The van der Waals surface area contributed by atoms with Crippen molar-refractivity contribution in [3.05, 3.63) is 29.6 Å². The van der Waals surface area contributed by atoms with Crippen LogP contribution >= 0.6 is 0 Å². The smallest absolute Gasteiger partial charge is 0.241 e. The average Bonchev–Trinajstić information content (AvgIpc) is 2.33. The molecule has 1 saturated carbocycles. The topological polar surface area (TPSA) is 81.4 Å². The lowest BCUT2D eigenvalue weighted by molar-refractivity contribution is 0.0236. The van der Waals surface area contributed by atoms with E-state index in [9.17, 15) is 12.8 Å². The summed E-state index contributed by atoms with van der Waals surface area (Å²) in [6.45, 7) is -0.158. The molecule has 0 amide bonds. The molecule has 5 nitrogen and oxygen atoms in total. The van der Waals surface area contributed by atoms with Gasteiger partial charge in [0, 0.05) is 25.3 Å². The number of methoxy groups -OCH3 is 1. The van der Waals surface area contributed by atoms with Crippen molar-refractivity contribution in [2.75, 3.05) is 7.11 Å². The van der Waals surface area contributed by atoms with Crippen LogP contribution in [0.15, 0.2) is 23.1 Å². The summed E-state index contributed by atoms with van der Waals surface area (Å²) in [5.41, 5.74) is 5.43. The molecule has 1 aromatic carbocycles. The lowest BCUT2D eigenvalue weighted by atomic mass is 9.90. The maximum absolute atomic E-state index is 13.5. The van der Waals surface area contributed by atoms with Gasteiger partial charge in [-0.2, -0.15) is 0 Å². The van der Waals surface area contributed by atoms with Gasteiger partial charge in [-0.25, -0.2) is 17.5 Å². The van der Waals surface area contributed by atoms with Crippen LogP contribution in [0.4, 0.5) is 4.39 Å². The van der Waals surface area contributed by atoms with Gasteiger partial charge < -0.3 is 10.5 Å². The van der Waals surface area contributed by atoms with Crippen molar-refractivity contribution >= 4 is 10.0 Å². The highest BCUT2D eigenvalue weighted by Crippen LogP contribution is 2.26. The first-order valence-electron chi connectivity index (χ1n) is 6.00. The molecule has 0 spiro atoms. The molecule has 0 aromatic heterocycles. The van der Waals surface area contributed by atoms with Crippen LogP contribution in [0.25, 0.3) is 0 Å². The van der Waals surface area contributed by atoms with Crippen LogP contribution in [0.5, 0.6) is 0 Å². The van der Waals surface area contributed by atoms with Crippen molar-refractivity contribution < 1.29 is 17.5 Å². The molecule has 0 bridgehead atoms. The maximum atomic E-state index is 13.5. The van der Waals surface area contributed by atoms with E-state index < -0.39 is 15.8 Å². The Kier molecular flexibility index (Phi) is 4.19. The van der Waals surface area contributed by atoms with Crippen molar-refractivity contribution in [1.29, 1.82) is 0 Å². The summed E-state index contributed by atoms with van der Waals surface area (Å²) in [6, 6.07) is 3.76. The SMILES string of the molecule is COC1CC(NS(=O)(=O)c2cccc(F)c2CN)C1. The molecular weight excluding hydrogens is 271 g/mol. The Bertz CT molecular complexity index is 556. The summed E-state index contributed by atoms with van der Waals surface area (Å²) in [4.78, 5) is -0.0872. The van der Waals surface area contributed by atoms with Crippen molar-refractivity contribution in [3.8, 4) is 0 Å². The van der Waals surface area contributed by atoms with Gasteiger partial charge in [-0.3, -0.25) is 0 Å². The van der Waals surface area contributed by atoms with E-state index >= 15 is 0 Å². The predicted molar refractivity (Wildman–Crippen MR) is 68.4 cm³/mol. The number of halogens is 1. The summed E-state index contributed by atoms with van der Waals surface area (Å²) < 4.78 is 45.5. The first-order chi connectivity index (χ1) is 8.97. The van der Waals surface area contributed by atoms with Crippen molar-refractivity contribution in [2.24, 2.45) is 5.73 Å². The first kappa shape index (κ1) is 14.4. The lowest BCUT2D eigenvalue weighted by Gasteiger charge is -2.34. The van der Waals surface area contributed by atoms with Gasteiger partial charge in [0.25, 0.3) is 0 Å². The van der Waals surface area contributed by atoms with E-state index in [4.69, 9.17) is 10.5 Å². The van der Waals surface area contributed by atoms with E-state index in [0.29, 0.717) is 12.8 Å². The van der Waals surface area contributed by atoms with Crippen LogP contribution in [0.3, 0.4) is 0 Å². The van der Waals surface area contributed by atoms with Gasteiger partial charge in [0.2, 0.25) is 10.0 Å². The number of rotatable bonds is 5. The number of benzene rings is 1. The molecule has 19 heavy (non-hydrogen) atoms. The second-order valence-electron chi connectivity index (χ2n) is 4.57. The number of hydrogen-bond donors (Lipinski definition) is 2. The summed E-state index contributed by atoms with van der Waals surface area (Å²) in [5.74, 6) is -0.603. The van der Waals surface area contributed by atoms with Gasteiger partial charge in [-0.1, -0.05) is 6.07 Å². The van der Waals surface area contributed by atoms with Gasteiger partial charge in [0.05, 0.1) is 11.0 Å². The second kappa shape index (κ2) is 5.54. The van der Waals surface area contributed by atoms with E-state index in [1.807, 2.05) is 0 Å². The highest BCUT2D eigenvalue weighted by Gasteiger charge is 2.33. The van der Waals surface area contributed by atoms with Crippen molar-refractivity contribution in [2.45, 2.75) is 36.4 Å². The molecule has 0 aliphatic heterocycles. The zero-order chi connectivity index (χ0) is 14.0. The van der Waals surface area contributed by atoms with E-state index in [1.54, 1.807) is 7.11 Å². The monoisotopic (exact) mass is 288 g/mol. The number of ether oxygens (including phenoxy) is 1. The Morgan fingerprint density at radius 1 is 1.47 bits per heavy atom. The van der Waals surface area contributed by atoms with Gasteiger partial charge in [0.15, 0.2) is 0 Å². The molecule has 1 fully saturated rings. The fourth-order valence-electron chi connectivity index (χ4n) is 2.13. The zero-order valence-electron chi connectivity index (χ0n) is 10.6. The molecule has 0 unspecified atom stereocenters. The highest BCUT2D eigenvalue weighted by molar-refractivity contribution is 7.89. The molecule has 1 aliphatic rings. The van der Waals surface area contributed by atoms with Gasteiger partial charge >= 0.3 is 0 Å². The maximum Gasteiger partial charge on any atom is 0.241 e. The van der Waals surface area contributed by atoms with Crippen LogP contribution in [0, 0.1) is 5.82 Å². The summed E-state index contributed by atoms with van der Waals surface area (Å²) in [6.07, 6.45) is 1.35. The summed E-state index contributed by atoms with van der Waals surface area (Å²) in [5, 5.41) is 0. The molecule has 106 valence electrons. The minimum absolute atomic E-state index is 0.0117. The lowest BCUT2D eigenvalue weighted by Crippen LogP contribution is -2.47. The molecule has 2 rings (SSSR count). The number of hydrogen-bond acceptors (Lipinski definition) is 4. The molecule has 0 atom stereocenters. The fourth-order valence-corrected chi connectivity index (χ4v) is 3.65. The fraction of sp³-hybridized carbons (Fsp3) is 0.500. The average molecular weight is 288 g/mol. The molecule has 7 heteroatoms. The Morgan fingerprint density at radius 3 is 2.74 bits per heavy atom. The minimum atomic E-state index is -3.74. The molecule has 1 aliphatic carbocycles. The Labute approximate surface area is 112 Å². The van der Waals surface area contributed by atoms with Crippen LogP contribution < -0.4 is 10.5 Å². The Hall–Kier alpha value is -1.02. The van der Waals surface area contributed by atoms with E-state index in [0.717, 1.165) is 0 Å². The first-order valence-corrected chi connectivity index (χ1v) is 7.49. The largest absolute Gasteiger partial charge is 0.381 e. The normalized spacial score (nSPS) is 23.1. The van der Waals surface area contributed by atoms with Crippen molar-refractivity contribution in [1.82, 2.24) is 4.72 Å². The zero-order valence-corrected chi connectivity index (χ0v) is 11.4. The van der Waals surface area contributed by atoms with E-state index in [1.165, 1.54) is 18.2 Å². The third-order valence-electron chi connectivity index (χ3n) is 3.32. The van der Waals surface area contributed by atoms with Crippen LogP contribution in [0.1, 0.15) is 18.4 Å². The molecule has 0 saturated heterocycles. The highest BCUT2D eigenvalue weighted by atomic mass is 32.2. The standard InChI is InChI=1S/C12H17FN2O3S/c1-18-9-5-8(6-9)15-19(16,17)12-4-2-3-11(13)10(12)7-14/h2-4,8-9,15H,5-7,14H2,1H3. The third kappa shape index (κ3) is 2.94. The number of sulfonamides is 1. The van der Waals surface area contributed by atoms with Crippen LogP contribution in [0.2, 0.25) is 0 Å². The second-order valence-corrected chi connectivity index (χ2v) is 6.25. The molecule has 1 aromatic rings. The Morgan fingerprint density at radius 2 is 2.16 bits per heavy atom. The summed E-state index contributed by atoms with van der Waals surface area (Å²) in [7, 11) is -2.15. The van der Waals surface area contributed by atoms with Gasteiger partial charge in [-0.15, -0.1) is 0 Å². The van der Waals surface area contributed by atoms with E-state index in [2.05, 4.69) is 4.72 Å². The molecular formula is C12H17FN2O3S. The van der Waals surface area contributed by atoms with Crippen molar-refractivity contribution in [3.63, 3.8) is 0 Å². The summed E-state index contributed by atoms with van der Waals surface area (Å²) >= 11 is 0. The molecule has 0 heterocycles. The Balaban J connectivity index is 2.19. The predicted octanol–water partition coefficient (Wildman–Crippen LogP) is 0.740. The minimum Gasteiger partial charge on any atom is -0.381 e. The number of nitrogens with two attached hydrogens (primary N) is 1. The van der Waals surface area contributed by atoms with Gasteiger partial charge in [-0.05, 0) is 25.0 Å². The van der Waals surface area contributed by atoms with Gasteiger partial charge in [0.1, 0.15) is 5.82 Å². The third-order valence-corrected chi connectivity index (χ3v) is 4.92. The van der Waals surface area contributed by atoms with Crippen LogP contribution in [-0.2, 0) is 21.3 Å². The van der Waals surface area contributed by atoms with Crippen LogP contribution in [-0.4, -0.2) is 27.7 Å². The molecule has 0 radical (unpaired) electrons. The number of nitrogens with one attached hydrogen (secondary N) is 1. The van der Waals surface area contributed by atoms with E-state index in [-0.39, 0.29) is 29.1 Å².